The second-order valence-electron chi connectivity index (χ2n) is 5.73. The van der Waals surface area contributed by atoms with Crippen molar-refractivity contribution in [2.45, 2.75) is 20.0 Å². The number of urea groups is 1. The predicted molar refractivity (Wildman–Crippen MR) is 93.0 cm³/mol. The monoisotopic (exact) mass is 326 g/mol. The van der Waals surface area contributed by atoms with Crippen molar-refractivity contribution >= 4 is 11.7 Å². The fourth-order valence-electron chi connectivity index (χ4n) is 2.75. The minimum atomic E-state index is -0.195. The van der Waals surface area contributed by atoms with Crippen molar-refractivity contribution in [3.8, 4) is 5.75 Å². The molecule has 0 spiro atoms. The fourth-order valence-corrected chi connectivity index (χ4v) is 2.75. The zero-order valence-corrected chi connectivity index (χ0v) is 13.8. The zero-order chi connectivity index (χ0) is 16.8. The third kappa shape index (κ3) is 4.23. The summed E-state index contributed by atoms with van der Waals surface area (Å²) in [7, 11) is 0. The van der Waals surface area contributed by atoms with Gasteiger partial charge in [-0.1, -0.05) is 6.07 Å². The first-order valence-corrected chi connectivity index (χ1v) is 8.16. The van der Waals surface area contributed by atoms with Crippen molar-refractivity contribution in [2.24, 2.45) is 0 Å². The summed E-state index contributed by atoms with van der Waals surface area (Å²) in [6, 6.07) is 9.60. The van der Waals surface area contributed by atoms with Crippen molar-refractivity contribution in [3.63, 3.8) is 0 Å². The number of carbonyl (C=O) groups excluding carboxylic acids is 1. The Hall–Kier alpha value is -2.60. The normalized spacial score (nSPS) is 14.2. The quantitative estimate of drug-likeness (QED) is 0.906. The molecule has 1 aliphatic rings. The highest BCUT2D eigenvalue weighted by atomic mass is 16.5. The lowest BCUT2D eigenvalue weighted by Gasteiger charge is -2.19. The second kappa shape index (κ2) is 7.79. The van der Waals surface area contributed by atoms with E-state index in [2.05, 4.69) is 26.6 Å². The number of hydrogen-bond donors (Lipinski definition) is 2. The van der Waals surface area contributed by atoms with Crippen LogP contribution in [0.4, 0.5) is 10.5 Å². The molecular formula is C18H22N4O2. The number of hydrogen-bond acceptors (Lipinski definition) is 4. The summed E-state index contributed by atoms with van der Waals surface area (Å²) in [5.41, 5.74) is 3.02. The highest BCUT2D eigenvalue weighted by Crippen LogP contribution is 2.27. The SMILES string of the molecule is CCNC(=O)Nc1ccc2c(c1)CN(Cc1cccnc1)CCO2. The Labute approximate surface area is 141 Å². The highest BCUT2D eigenvalue weighted by molar-refractivity contribution is 5.89. The van der Waals surface area contributed by atoms with Crippen LogP contribution < -0.4 is 15.4 Å². The fraction of sp³-hybridized carbons (Fsp3) is 0.333. The van der Waals surface area contributed by atoms with Crippen LogP contribution in [-0.2, 0) is 13.1 Å². The Bertz CT molecular complexity index is 691. The van der Waals surface area contributed by atoms with Gasteiger partial charge >= 0.3 is 6.03 Å². The second-order valence-corrected chi connectivity index (χ2v) is 5.73. The van der Waals surface area contributed by atoms with Gasteiger partial charge in [-0.25, -0.2) is 4.79 Å². The van der Waals surface area contributed by atoms with E-state index < -0.39 is 0 Å². The minimum Gasteiger partial charge on any atom is -0.492 e. The van der Waals surface area contributed by atoms with Crippen LogP contribution in [0.15, 0.2) is 42.7 Å². The van der Waals surface area contributed by atoms with Crippen molar-refractivity contribution < 1.29 is 9.53 Å². The summed E-state index contributed by atoms with van der Waals surface area (Å²) in [6.07, 6.45) is 3.67. The molecule has 126 valence electrons. The molecule has 0 atom stereocenters. The molecule has 2 N–H and O–H groups in total. The molecule has 1 aromatic heterocycles. The Morgan fingerprint density at radius 3 is 3.08 bits per heavy atom. The van der Waals surface area contributed by atoms with E-state index in [1.165, 1.54) is 5.56 Å². The number of nitrogens with one attached hydrogen (secondary N) is 2. The lowest BCUT2D eigenvalue weighted by atomic mass is 10.1. The van der Waals surface area contributed by atoms with E-state index in [0.717, 1.165) is 36.6 Å². The van der Waals surface area contributed by atoms with Gasteiger partial charge in [0.2, 0.25) is 0 Å². The molecule has 0 bridgehead atoms. The average molecular weight is 326 g/mol. The summed E-state index contributed by atoms with van der Waals surface area (Å²) in [6.45, 7) is 5.58. The van der Waals surface area contributed by atoms with Crippen molar-refractivity contribution in [3.05, 3.63) is 53.9 Å². The van der Waals surface area contributed by atoms with Crippen LogP contribution in [0.3, 0.4) is 0 Å². The van der Waals surface area contributed by atoms with Gasteiger partial charge in [0, 0.05) is 49.8 Å². The molecule has 3 rings (SSSR count). The topological polar surface area (TPSA) is 66.5 Å². The molecule has 6 heteroatoms. The number of nitrogens with zero attached hydrogens (tertiary/aromatic N) is 2. The highest BCUT2D eigenvalue weighted by Gasteiger charge is 2.16. The Balaban J connectivity index is 1.72. The summed E-state index contributed by atoms with van der Waals surface area (Å²) >= 11 is 0. The van der Waals surface area contributed by atoms with E-state index in [9.17, 15) is 4.79 Å². The third-order valence-electron chi connectivity index (χ3n) is 3.84. The van der Waals surface area contributed by atoms with Gasteiger partial charge in [0.15, 0.2) is 0 Å². The number of rotatable bonds is 4. The van der Waals surface area contributed by atoms with Gasteiger partial charge in [-0.15, -0.1) is 0 Å². The van der Waals surface area contributed by atoms with E-state index >= 15 is 0 Å². The van der Waals surface area contributed by atoms with E-state index in [1.807, 2.05) is 37.4 Å². The molecule has 0 radical (unpaired) electrons. The van der Waals surface area contributed by atoms with Crippen LogP contribution in [0, 0.1) is 0 Å². The molecule has 0 unspecified atom stereocenters. The molecule has 24 heavy (non-hydrogen) atoms. The van der Waals surface area contributed by atoms with Crippen LogP contribution in [0.1, 0.15) is 18.1 Å². The first-order chi connectivity index (χ1) is 11.7. The molecule has 2 amide bonds. The molecule has 0 fully saturated rings. The molecule has 2 heterocycles. The molecule has 0 saturated heterocycles. The summed E-state index contributed by atoms with van der Waals surface area (Å²) in [5, 5.41) is 5.57. The van der Waals surface area contributed by atoms with Crippen LogP contribution in [0.2, 0.25) is 0 Å². The Kier molecular flexibility index (Phi) is 5.28. The molecular weight excluding hydrogens is 304 g/mol. The third-order valence-corrected chi connectivity index (χ3v) is 3.84. The molecule has 2 aromatic rings. The Morgan fingerprint density at radius 1 is 1.38 bits per heavy atom. The van der Waals surface area contributed by atoms with Gasteiger partial charge in [0.05, 0.1) is 0 Å². The van der Waals surface area contributed by atoms with Crippen LogP contribution in [-0.4, -0.2) is 35.6 Å². The summed E-state index contributed by atoms with van der Waals surface area (Å²) < 4.78 is 5.84. The maximum Gasteiger partial charge on any atom is 0.319 e. The van der Waals surface area contributed by atoms with Crippen LogP contribution in [0.25, 0.3) is 0 Å². The summed E-state index contributed by atoms with van der Waals surface area (Å²) in [4.78, 5) is 18.2. The molecule has 0 saturated carbocycles. The first kappa shape index (κ1) is 16.3. The average Bonchev–Trinajstić information content (AvgIpc) is 2.77. The number of ether oxygens (including phenoxy) is 1. The largest absolute Gasteiger partial charge is 0.492 e. The maximum atomic E-state index is 11.7. The Morgan fingerprint density at radius 2 is 2.29 bits per heavy atom. The number of benzene rings is 1. The van der Waals surface area contributed by atoms with E-state index in [4.69, 9.17) is 4.74 Å². The smallest absolute Gasteiger partial charge is 0.319 e. The van der Waals surface area contributed by atoms with Crippen LogP contribution in [0.5, 0.6) is 5.75 Å². The first-order valence-electron chi connectivity index (χ1n) is 8.16. The van der Waals surface area contributed by atoms with Gasteiger partial charge in [0.25, 0.3) is 0 Å². The molecule has 1 aromatic carbocycles. The van der Waals surface area contributed by atoms with Gasteiger partial charge < -0.3 is 15.4 Å². The van der Waals surface area contributed by atoms with Crippen LogP contribution >= 0.6 is 0 Å². The van der Waals surface area contributed by atoms with Gasteiger partial charge in [-0.05, 0) is 36.8 Å². The van der Waals surface area contributed by atoms with Gasteiger partial charge in [-0.3, -0.25) is 9.88 Å². The number of aromatic nitrogens is 1. The maximum absolute atomic E-state index is 11.7. The number of amides is 2. The van der Waals surface area contributed by atoms with Crippen molar-refractivity contribution in [2.75, 3.05) is 25.0 Å². The molecule has 0 aliphatic carbocycles. The zero-order valence-electron chi connectivity index (χ0n) is 13.8. The standard InChI is InChI=1S/C18H22N4O2/c1-2-20-18(23)21-16-5-6-17-15(10-16)13-22(8-9-24-17)12-14-4-3-7-19-11-14/h3-7,10-11H,2,8-9,12-13H2,1H3,(H2,20,21,23). The van der Waals surface area contributed by atoms with E-state index in [-0.39, 0.29) is 6.03 Å². The van der Waals surface area contributed by atoms with E-state index in [0.29, 0.717) is 13.2 Å². The van der Waals surface area contributed by atoms with Gasteiger partial charge in [-0.2, -0.15) is 0 Å². The number of carbonyl (C=O) groups is 1. The summed E-state index contributed by atoms with van der Waals surface area (Å²) in [5.74, 6) is 0.880. The lowest BCUT2D eigenvalue weighted by molar-refractivity contribution is 0.219. The number of anilines is 1. The number of fused-ring (bicyclic) bond motifs is 1. The van der Waals surface area contributed by atoms with E-state index in [1.54, 1.807) is 6.20 Å². The van der Waals surface area contributed by atoms with Crippen molar-refractivity contribution in [1.29, 1.82) is 0 Å². The lowest BCUT2D eigenvalue weighted by Crippen LogP contribution is -2.28. The molecule has 1 aliphatic heterocycles. The van der Waals surface area contributed by atoms with Gasteiger partial charge in [0.1, 0.15) is 12.4 Å². The number of pyridine rings is 1. The van der Waals surface area contributed by atoms with Crippen molar-refractivity contribution in [1.82, 2.24) is 15.2 Å². The molecule has 6 nitrogen and oxygen atoms in total. The minimum absolute atomic E-state index is 0.195. The predicted octanol–water partition coefficient (Wildman–Crippen LogP) is 2.62.